The summed E-state index contributed by atoms with van der Waals surface area (Å²) in [5, 5.41) is 13.0. The topological polar surface area (TPSA) is 82.7 Å². The molecule has 22 heavy (non-hydrogen) atoms. The summed E-state index contributed by atoms with van der Waals surface area (Å²) in [6.45, 7) is 3.65. The highest BCUT2D eigenvalue weighted by molar-refractivity contribution is 7.13. The largest absolute Gasteiger partial charge is 0.390 e. The minimum atomic E-state index is -0.498. The molecule has 1 amide bonds. The molecule has 6 nitrogen and oxygen atoms in total. The number of β-amino-alcohol motifs (C(OH)–C–C–N with tert-alkyl or cyclic N) is 1. The van der Waals surface area contributed by atoms with Gasteiger partial charge < -0.3 is 15.7 Å². The van der Waals surface area contributed by atoms with E-state index in [1.807, 2.05) is 0 Å². The van der Waals surface area contributed by atoms with Crippen LogP contribution in [0.15, 0.2) is 5.38 Å². The van der Waals surface area contributed by atoms with Gasteiger partial charge in [-0.2, -0.15) is 0 Å². The van der Waals surface area contributed by atoms with Crippen LogP contribution in [-0.4, -0.2) is 59.2 Å². The van der Waals surface area contributed by atoms with Crippen LogP contribution in [0.3, 0.4) is 0 Å². The monoisotopic (exact) mass is 324 g/mol. The number of amides is 1. The van der Waals surface area contributed by atoms with E-state index in [9.17, 15) is 9.90 Å². The van der Waals surface area contributed by atoms with Gasteiger partial charge in [0.25, 0.3) is 5.91 Å². The number of carbonyl (C=O) groups is 1. The Morgan fingerprint density at radius 3 is 2.59 bits per heavy atom. The molecule has 7 heteroatoms. The van der Waals surface area contributed by atoms with Gasteiger partial charge in [0.15, 0.2) is 5.13 Å². The number of anilines is 1. The van der Waals surface area contributed by atoms with Crippen molar-refractivity contribution in [2.24, 2.45) is 5.73 Å². The number of hydrogen-bond donors (Lipinski definition) is 2. The van der Waals surface area contributed by atoms with Crippen molar-refractivity contribution >= 4 is 22.4 Å². The smallest absolute Gasteiger partial charge is 0.268 e. The second kappa shape index (κ2) is 6.93. The number of aliphatic hydroxyl groups excluding tert-OH is 1. The van der Waals surface area contributed by atoms with Crippen LogP contribution in [0, 0.1) is 0 Å². The summed E-state index contributed by atoms with van der Waals surface area (Å²) in [4.78, 5) is 19.9. The maximum Gasteiger partial charge on any atom is 0.268 e. The molecular formula is C15H24N4O2S. The predicted molar refractivity (Wildman–Crippen MR) is 87.3 cm³/mol. The standard InChI is InChI=1S/C15H24N4O2S/c16-14(21)11-10-22-15(17-11)19-8-5-12(13(20)9-19)18-6-3-1-2-4-7-18/h10,12-13,20H,1-9H2,(H2,16,21)/t12-,13-/m0/s1. The number of carbonyl (C=O) groups excluding carboxylic acids is 1. The average Bonchev–Trinajstić information content (AvgIpc) is 2.85. The minimum Gasteiger partial charge on any atom is -0.390 e. The van der Waals surface area contributed by atoms with Gasteiger partial charge in [0.2, 0.25) is 0 Å². The van der Waals surface area contributed by atoms with Gasteiger partial charge in [-0.25, -0.2) is 4.98 Å². The first kappa shape index (κ1) is 15.7. The number of hydrogen-bond acceptors (Lipinski definition) is 6. The van der Waals surface area contributed by atoms with Gasteiger partial charge in [0, 0.05) is 24.5 Å². The molecule has 2 aliphatic rings. The van der Waals surface area contributed by atoms with Crippen LogP contribution >= 0.6 is 11.3 Å². The number of likely N-dealkylation sites (tertiary alicyclic amines) is 1. The van der Waals surface area contributed by atoms with Crippen molar-refractivity contribution in [3.05, 3.63) is 11.1 Å². The van der Waals surface area contributed by atoms with E-state index in [0.717, 1.165) is 31.2 Å². The molecule has 3 rings (SSSR count). The third-order valence-corrected chi connectivity index (χ3v) is 5.57. The normalized spacial score (nSPS) is 27.6. The van der Waals surface area contributed by atoms with Gasteiger partial charge in [-0.1, -0.05) is 12.8 Å². The fourth-order valence-electron chi connectivity index (χ4n) is 3.47. The Labute approximate surface area is 134 Å². The van der Waals surface area contributed by atoms with Crippen molar-refractivity contribution in [3.8, 4) is 0 Å². The highest BCUT2D eigenvalue weighted by atomic mass is 32.1. The Morgan fingerprint density at radius 1 is 1.27 bits per heavy atom. The molecular weight excluding hydrogens is 300 g/mol. The van der Waals surface area contributed by atoms with Crippen molar-refractivity contribution in [2.45, 2.75) is 44.2 Å². The Morgan fingerprint density at radius 2 is 2.00 bits per heavy atom. The summed E-state index contributed by atoms with van der Waals surface area (Å²) in [5.74, 6) is -0.498. The van der Waals surface area contributed by atoms with E-state index < -0.39 is 5.91 Å². The van der Waals surface area contributed by atoms with E-state index >= 15 is 0 Å². The van der Waals surface area contributed by atoms with E-state index in [-0.39, 0.29) is 12.1 Å². The molecule has 0 aliphatic carbocycles. The van der Waals surface area contributed by atoms with Gasteiger partial charge in [0.1, 0.15) is 5.69 Å². The molecule has 0 aromatic carbocycles. The molecule has 3 N–H and O–H groups in total. The number of nitrogens with two attached hydrogens (primary N) is 1. The molecule has 122 valence electrons. The average molecular weight is 324 g/mol. The van der Waals surface area contributed by atoms with Crippen LogP contribution in [-0.2, 0) is 0 Å². The molecule has 0 saturated carbocycles. The number of rotatable bonds is 3. The highest BCUT2D eigenvalue weighted by Gasteiger charge is 2.33. The summed E-state index contributed by atoms with van der Waals surface area (Å²) in [6, 6.07) is 0.255. The van der Waals surface area contributed by atoms with Crippen LogP contribution < -0.4 is 10.6 Å². The Balaban J connectivity index is 1.62. The quantitative estimate of drug-likeness (QED) is 0.869. The molecule has 2 fully saturated rings. The number of aromatic nitrogens is 1. The molecule has 0 bridgehead atoms. The fourth-order valence-corrected chi connectivity index (χ4v) is 4.32. The first-order valence-corrected chi connectivity index (χ1v) is 8.95. The maximum absolute atomic E-state index is 11.1. The molecule has 0 unspecified atom stereocenters. The SMILES string of the molecule is NC(=O)c1csc(N2CC[C@H](N3CCCCCC3)[C@@H](O)C2)n1. The molecule has 0 spiro atoms. The zero-order chi connectivity index (χ0) is 15.5. The Kier molecular flexibility index (Phi) is 4.95. The molecule has 2 saturated heterocycles. The van der Waals surface area contributed by atoms with Gasteiger partial charge in [0.05, 0.1) is 6.10 Å². The van der Waals surface area contributed by atoms with Crippen molar-refractivity contribution in [1.29, 1.82) is 0 Å². The molecule has 2 atom stereocenters. The first-order valence-electron chi connectivity index (χ1n) is 8.07. The lowest BCUT2D eigenvalue weighted by Crippen LogP contribution is -2.54. The van der Waals surface area contributed by atoms with Crippen LogP contribution in [0.5, 0.6) is 0 Å². The zero-order valence-electron chi connectivity index (χ0n) is 12.8. The third kappa shape index (κ3) is 3.42. The molecule has 3 heterocycles. The number of aliphatic hydroxyl groups is 1. The predicted octanol–water partition coefficient (Wildman–Crippen LogP) is 1.06. The number of thiazole rings is 1. The molecule has 0 radical (unpaired) electrons. The van der Waals surface area contributed by atoms with Crippen molar-refractivity contribution in [1.82, 2.24) is 9.88 Å². The van der Waals surface area contributed by atoms with E-state index in [0.29, 0.717) is 12.2 Å². The summed E-state index contributed by atoms with van der Waals surface area (Å²) in [6.07, 6.45) is 5.66. The minimum absolute atomic E-state index is 0.255. The molecule has 2 aliphatic heterocycles. The Hall–Kier alpha value is -1.18. The van der Waals surface area contributed by atoms with Crippen LogP contribution in [0.1, 0.15) is 42.6 Å². The summed E-state index contributed by atoms with van der Waals surface area (Å²) >= 11 is 1.42. The van der Waals surface area contributed by atoms with E-state index in [2.05, 4.69) is 14.8 Å². The number of piperidine rings is 1. The van der Waals surface area contributed by atoms with Crippen molar-refractivity contribution < 1.29 is 9.90 Å². The number of primary amides is 1. The summed E-state index contributed by atoms with van der Waals surface area (Å²) in [5.41, 5.74) is 5.56. The van der Waals surface area contributed by atoms with Gasteiger partial charge in [-0.05, 0) is 32.4 Å². The maximum atomic E-state index is 11.1. The Bertz CT molecular complexity index is 513. The zero-order valence-corrected chi connectivity index (χ0v) is 13.6. The van der Waals surface area contributed by atoms with E-state index in [1.165, 1.54) is 37.0 Å². The van der Waals surface area contributed by atoms with E-state index in [1.54, 1.807) is 5.38 Å². The van der Waals surface area contributed by atoms with Gasteiger partial charge in [-0.3, -0.25) is 9.69 Å². The van der Waals surface area contributed by atoms with Crippen LogP contribution in [0.25, 0.3) is 0 Å². The van der Waals surface area contributed by atoms with E-state index in [4.69, 9.17) is 5.73 Å². The van der Waals surface area contributed by atoms with Crippen LogP contribution in [0.2, 0.25) is 0 Å². The second-order valence-electron chi connectivity index (χ2n) is 6.20. The third-order valence-electron chi connectivity index (χ3n) is 4.67. The summed E-state index contributed by atoms with van der Waals surface area (Å²) in [7, 11) is 0. The highest BCUT2D eigenvalue weighted by Crippen LogP contribution is 2.27. The molecule has 1 aromatic heterocycles. The fraction of sp³-hybridized carbons (Fsp3) is 0.733. The lowest BCUT2D eigenvalue weighted by Gasteiger charge is -2.41. The van der Waals surface area contributed by atoms with Crippen molar-refractivity contribution in [3.63, 3.8) is 0 Å². The lowest BCUT2D eigenvalue weighted by molar-refractivity contribution is 0.0385. The van der Waals surface area contributed by atoms with Crippen LogP contribution in [0.4, 0.5) is 5.13 Å². The lowest BCUT2D eigenvalue weighted by atomic mass is 10.00. The first-order chi connectivity index (χ1) is 10.6. The molecule has 1 aromatic rings. The van der Waals surface area contributed by atoms with Gasteiger partial charge in [-0.15, -0.1) is 11.3 Å². The second-order valence-corrected chi connectivity index (χ2v) is 7.04. The summed E-state index contributed by atoms with van der Waals surface area (Å²) < 4.78 is 0. The van der Waals surface area contributed by atoms with Crippen molar-refractivity contribution in [2.75, 3.05) is 31.1 Å². The number of nitrogens with zero attached hydrogens (tertiary/aromatic N) is 3. The van der Waals surface area contributed by atoms with Gasteiger partial charge >= 0.3 is 0 Å².